The predicted molar refractivity (Wildman–Crippen MR) is 53.7 cm³/mol. The van der Waals surface area contributed by atoms with Gasteiger partial charge < -0.3 is 16.2 Å². The maximum Gasteiger partial charge on any atom is 0.354 e. The second-order valence-corrected chi connectivity index (χ2v) is 3.41. The normalized spacial score (nSPS) is 15.5. The minimum Gasteiger partial charge on any atom is -0.476 e. The van der Waals surface area contributed by atoms with Gasteiger partial charge in [0.05, 0.1) is 5.69 Å². The number of hydrogen-bond donors (Lipinski definition) is 3. The standard InChI is InChI=1S/C9H12N4O2/c10-9-12-6-2-4-11-3-1-5(6)7(13-9)8(14)15/h11H,1-4H2,(H,14,15)(H2,10,12,13). The number of carboxylic acid groups (broad SMARTS) is 1. The highest BCUT2D eigenvalue weighted by Crippen LogP contribution is 2.15. The highest BCUT2D eigenvalue weighted by Gasteiger charge is 2.19. The summed E-state index contributed by atoms with van der Waals surface area (Å²) in [4.78, 5) is 18.8. The SMILES string of the molecule is Nc1nc2c(c(C(=O)O)n1)CCNCC2. The average molecular weight is 208 g/mol. The molecule has 0 aromatic carbocycles. The van der Waals surface area contributed by atoms with Gasteiger partial charge in [-0.2, -0.15) is 0 Å². The van der Waals surface area contributed by atoms with Crippen LogP contribution in [0.1, 0.15) is 21.7 Å². The molecule has 0 fully saturated rings. The van der Waals surface area contributed by atoms with Gasteiger partial charge in [0.15, 0.2) is 5.69 Å². The van der Waals surface area contributed by atoms with E-state index in [1.54, 1.807) is 0 Å². The molecule has 0 atom stereocenters. The third-order valence-electron chi connectivity index (χ3n) is 2.40. The summed E-state index contributed by atoms with van der Waals surface area (Å²) in [6.07, 6.45) is 1.33. The van der Waals surface area contributed by atoms with Gasteiger partial charge >= 0.3 is 5.97 Å². The van der Waals surface area contributed by atoms with Crippen molar-refractivity contribution in [2.24, 2.45) is 0 Å². The third kappa shape index (κ3) is 1.89. The Morgan fingerprint density at radius 2 is 2.07 bits per heavy atom. The predicted octanol–water partition coefficient (Wildman–Crippen LogP) is -0.555. The zero-order valence-corrected chi connectivity index (χ0v) is 8.16. The van der Waals surface area contributed by atoms with Crippen molar-refractivity contribution in [1.82, 2.24) is 15.3 Å². The number of rotatable bonds is 1. The number of nitrogens with zero attached hydrogens (tertiary/aromatic N) is 2. The van der Waals surface area contributed by atoms with Crippen molar-refractivity contribution >= 4 is 11.9 Å². The second-order valence-electron chi connectivity index (χ2n) is 3.41. The highest BCUT2D eigenvalue weighted by atomic mass is 16.4. The molecule has 0 bridgehead atoms. The number of fused-ring (bicyclic) bond motifs is 1. The molecule has 0 amide bonds. The summed E-state index contributed by atoms with van der Waals surface area (Å²) in [6.45, 7) is 1.54. The molecule has 1 aliphatic rings. The monoisotopic (exact) mass is 208 g/mol. The molecule has 1 aromatic heterocycles. The van der Waals surface area contributed by atoms with Crippen molar-refractivity contribution < 1.29 is 9.90 Å². The van der Waals surface area contributed by atoms with Crippen LogP contribution in [0.2, 0.25) is 0 Å². The van der Waals surface area contributed by atoms with Crippen LogP contribution in [0.3, 0.4) is 0 Å². The molecular weight excluding hydrogens is 196 g/mol. The van der Waals surface area contributed by atoms with Crippen LogP contribution in [0.5, 0.6) is 0 Å². The van der Waals surface area contributed by atoms with E-state index < -0.39 is 5.97 Å². The fourth-order valence-electron chi connectivity index (χ4n) is 1.74. The number of nitrogen functional groups attached to an aromatic ring is 1. The lowest BCUT2D eigenvalue weighted by molar-refractivity contribution is 0.0689. The number of carbonyl (C=O) groups is 1. The smallest absolute Gasteiger partial charge is 0.354 e. The first-order valence-corrected chi connectivity index (χ1v) is 4.78. The zero-order chi connectivity index (χ0) is 10.8. The van der Waals surface area contributed by atoms with E-state index in [0.717, 1.165) is 18.8 Å². The van der Waals surface area contributed by atoms with E-state index in [1.807, 2.05) is 0 Å². The van der Waals surface area contributed by atoms with Gasteiger partial charge in [0.1, 0.15) is 0 Å². The number of nitrogens with one attached hydrogen (secondary N) is 1. The highest BCUT2D eigenvalue weighted by molar-refractivity contribution is 5.87. The van der Waals surface area contributed by atoms with Gasteiger partial charge in [-0.1, -0.05) is 0 Å². The molecule has 2 rings (SSSR count). The van der Waals surface area contributed by atoms with Crippen LogP contribution in [0.4, 0.5) is 5.95 Å². The first-order chi connectivity index (χ1) is 7.18. The van der Waals surface area contributed by atoms with Gasteiger partial charge in [0, 0.05) is 18.5 Å². The minimum absolute atomic E-state index is 0.0352. The fourth-order valence-corrected chi connectivity index (χ4v) is 1.74. The van der Waals surface area contributed by atoms with E-state index in [0.29, 0.717) is 18.4 Å². The van der Waals surface area contributed by atoms with Crippen molar-refractivity contribution in [1.29, 1.82) is 0 Å². The Hall–Kier alpha value is -1.69. The van der Waals surface area contributed by atoms with Crippen LogP contribution < -0.4 is 11.1 Å². The van der Waals surface area contributed by atoms with Crippen molar-refractivity contribution in [3.63, 3.8) is 0 Å². The Bertz CT molecular complexity index is 405. The first-order valence-electron chi connectivity index (χ1n) is 4.78. The molecule has 6 nitrogen and oxygen atoms in total. The molecule has 2 heterocycles. The summed E-state index contributed by atoms with van der Waals surface area (Å²) in [5, 5.41) is 12.2. The Balaban J connectivity index is 2.54. The summed E-state index contributed by atoms with van der Waals surface area (Å²) in [7, 11) is 0. The lowest BCUT2D eigenvalue weighted by atomic mass is 10.1. The lowest BCUT2D eigenvalue weighted by Gasteiger charge is -2.07. The molecule has 0 aliphatic carbocycles. The van der Waals surface area contributed by atoms with Gasteiger partial charge in [-0.15, -0.1) is 0 Å². The van der Waals surface area contributed by atoms with E-state index in [4.69, 9.17) is 10.8 Å². The number of hydrogen-bond acceptors (Lipinski definition) is 5. The number of carboxylic acids is 1. The lowest BCUT2D eigenvalue weighted by Crippen LogP contribution is -2.16. The molecule has 6 heteroatoms. The summed E-state index contributed by atoms with van der Waals surface area (Å²) < 4.78 is 0. The molecule has 1 aliphatic heterocycles. The quantitative estimate of drug-likeness (QED) is 0.572. The molecule has 0 spiro atoms. The van der Waals surface area contributed by atoms with Crippen molar-refractivity contribution in [3.05, 3.63) is 17.0 Å². The fraction of sp³-hybridized carbons (Fsp3) is 0.444. The second kappa shape index (κ2) is 3.82. The van der Waals surface area contributed by atoms with E-state index in [9.17, 15) is 4.79 Å². The van der Waals surface area contributed by atoms with Gasteiger partial charge in [-0.25, -0.2) is 14.8 Å². The van der Waals surface area contributed by atoms with Crippen LogP contribution in [0.25, 0.3) is 0 Å². The van der Waals surface area contributed by atoms with Crippen molar-refractivity contribution in [2.75, 3.05) is 18.8 Å². The van der Waals surface area contributed by atoms with E-state index in [2.05, 4.69) is 15.3 Å². The van der Waals surface area contributed by atoms with Crippen molar-refractivity contribution in [2.45, 2.75) is 12.8 Å². The summed E-state index contributed by atoms with van der Waals surface area (Å²) in [6, 6.07) is 0. The molecular formula is C9H12N4O2. The average Bonchev–Trinajstić information content (AvgIpc) is 2.41. The van der Waals surface area contributed by atoms with E-state index in [1.165, 1.54) is 0 Å². The Labute approximate surface area is 86.5 Å². The summed E-state index contributed by atoms with van der Waals surface area (Å²) >= 11 is 0. The molecule has 0 saturated carbocycles. The van der Waals surface area contributed by atoms with E-state index in [-0.39, 0.29) is 11.6 Å². The molecule has 80 valence electrons. The topological polar surface area (TPSA) is 101 Å². The van der Waals surface area contributed by atoms with Gasteiger partial charge in [0.2, 0.25) is 5.95 Å². The molecule has 15 heavy (non-hydrogen) atoms. The van der Waals surface area contributed by atoms with Gasteiger partial charge in [0.25, 0.3) is 0 Å². The third-order valence-corrected chi connectivity index (χ3v) is 2.40. The minimum atomic E-state index is -1.04. The molecule has 0 unspecified atom stereocenters. The Morgan fingerprint density at radius 3 is 2.80 bits per heavy atom. The van der Waals surface area contributed by atoms with E-state index >= 15 is 0 Å². The molecule has 0 radical (unpaired) electrons. The first kappa shape index (κ1) is 9.85. The van der Waals surface area contributed by atoms with Crippen LogP contribution in [-0.4, -0.2) is 34.1 Å². The van der Waals surface area contributed by atoms with Crippen molar-refractivity contribution in [3.8, 4) is 0 Å². The number of anilines is 1. The molecule has 4 N–H and O–H groups in total. The molecule has 0 saturated heterocycles. The number of aromatic carboxylic acids is 1. The summed E-state index contributed by atoms with van der Waals surface area (Å²) in [5.74, 6) is -1.00. The van der Waals surface area contributed by atoms with Gasteiger partial charge in [-0.05, 0) is 13.0 Å². The van der Waals surface area contributed by atoms with Crippen LogP contribution in [-0.2, 0) is 12.8 Å². The van der Waals surface area contributed by atoms with Crippen LogP contribution in [0, 0.1) is 0 Å². The number of nitrogens with two attached hydrogens (primary N) is 1. The maximum atomic E-state index is 11.0. The van der Waals surface area contributed by atoms with Crippen LogP contribution >= 0.6 is 0 Å². The largest absolute Gasteiger partial charge is 0.476 e. The van der Waals surface area contributed by atoms with Gasteiger partial charge in [-0.3, -0.25) is 0 Å². The maximum absolute atomic E-state index is 11.0. The van der Waals surface area contributed by atoms with Crippen LogP contribution in [0.15, 0.2) is 0 Å². The molecule has 1 aromatic rings. The zero-order valence-electron chi connectivity index (χ0n) is 8.16. The Morgan fingerprint density at radius 1 is 1.33 bits per heavy atom. The summed E-state index contributed by atoms with van der Waals surface area (Å²) in [5.41, 5.74) is 6.97. The number of aromatic nitrogens is 2. The Kier molecular flexibility index (Phi) is 2.51.